The number of hydrogen-bond acceptors (Lipinski definition) is 6. The van der Waals surface area contributed by atoms with Crippen LogP contribution in [0.3, 0.4) is 0 Å². The molecular formula is C20H22N4O3S. The minimum absolute atomic E-state index is 0.296. The molecule has 0 saturated carbocycles. The first-order chi connectivity index (χ1) is 13.5. The Bertz CT molecular complexity index is 1080. The molecule has 146 valence electrons. The summed E-state index contributed by atoms with van der Waals surface area (Å²) in [6.07, 6.45) is 4.15. The Balaban J connectivity index is 1.82. The molecule has 1 aromatic carbocycles. The lowest BCUT2D eigenvalue weighted by Crippen LogP contribution is -2.39. The lowest BCUT2D eigenvalue weighted by atomic mass is 9.98. The normalized spacial score (nSPS) is 18.3. The highest BCUT2D eigenvalue weighted by atomic mass is 32.2. The van der Waals surface area contributed by atoms with Crippen LogP contribution in [-0.4, -0.2) is 34.4 Å². The Labute approximate surface area is 164 Å². The van der Waals surface area contributed by atoms with Gasteiger partial charge in [0.15, 0.2) is 5.76 Å². The summed E-state index contributed by atoms with van der Waals surface area (Å²) in [4.78, 5) is 9.23. The maximum atomic E-state index is 13.4. The first kappa shape index (κ1) is 18.8. The quantitative estimate of drug-likeness (QED) is 0.666. The summed E-state index contributed by atoms with van der Waals surface area (Å²) >= 11 is 0. The molecule has 0 spiro atoms. The van der Waals surface area contributed by atoms with Crippen LogP contribution < -0.4 is 0 Å². The van der Waals surface area contributed by atoms with Gasteiger partial charge in [-0.2, -0.15) is 4.31 Å². The monoisotopic (exact) mass is 398 g/mol. The van der Waals surface area contributed by atoms with E-state index in [4.69, 9.17) is 4.52 Å². The Morgan fingerprint density at radius 3 is 2.64 bits per heavy atom. The summed E-state index contributed by atoms with van der Waals surface area (Å²) in [5, 5.41) is 3.95. The Morgan fingerprint density at radius 1 is 1.14 bits per heavy atom. The van der Waals surface area contributed by atoms with E-state index in [1.54, 1.807) is 41.7 Å². The van der Waals surface area contributed by atoms with Crippen molar-refractivity contribution in [3.05, 3.63) is 59.8 Å². The summed E-state index contributed by atoms with van der Waals surface area (Å²) in [6, 6.07) is 9.99. The van der Waals surface area contributed by atoms with Crippen LogP contribution in [0.5, 0.6) is 0 Å². The molecule has 0 radical (unpaired) electrons. The van der Waals surface area contributed by atoms with Gasteiger partial charge in [-0.25, -0.2) is 18.4 Å². The third-order valence-corrected chi connectivity index (χ3v) is 6.87. The topological polar surface area (TPSA) is 89.2 Å². The predicted molar refractivity (Wildman–Crippen MR) is 104 cm³/mol. The van der Waals surface area contributed by atoms with Gasteiger partial charge in [0.05, 0.1) is 27.9 Å². The molecule has 8 heteroatoms. The van der Waals surface area contributed by atoms with E-state index >= 15 is 0 Å². The van der Waals surface area contributed by atoms with Crippen LogP contribution in [0.25, 0.3) is 11.3 Å². The lowest BCUT2D eigenvalue weighted by Gasteiger charge is -2.35. The molecule has 4 rings (SSSR count). The van der Waals surface area contributed by atoms with Crippen molar-refractivity contribution in [2.45, 2.75) is 44.0 Å². The summed E-state index contributed by atoms with van der Waals surface area (Å²) in [5.74, 6) is 1.15. The van der Waals surface area contributed by atoms with Gasteiger partial charge in [0.2, 0.25) is 10.0 Å². The van der Waals surface area contributed by atoms with Crippen molar-refractivity contribution in [1.82, 2.24) is 19.4 Å². The highest BCUT2D eigenvalue weighted by molar-refractivity contribution is 7.89. The SMILES string of the molecule is Cc1cc(-c2cnc(C)nc2[C@@H]2CCCCN2S(=O)(=O)c2ccccc2)on1. The van der Waals surface area contributed by atoms with Gasteiger partial charge in [-0.15, -0.1) is 0 Å². The number of rotatable bonds is 4. The molecular weight excluding hydrogens is 376 g/mol. The van der Waals surface area contributed by atoms with Gasteiger partial charge >= 0.3 is 0 Å². The van der Waals surface area contributed by atoms with Crippen LogP contribution in [0.1, 0.15) is 42.5 Å². The molecule has 3 heterocycles. The molecule has 3 aromatic rings. The second-order valence-electron chi connectivity index (χ2n) is 6.99. The van der Waals surface area contributed by atoms with E-state index in [0.29, 0.717) is 40.7 Å². The minimum atomic E-state index is -3.64. The van der Waals surface area contributed by atoms with Gasteiger partial charge in [0.25, 0.3) is 0 Å². The standard InChI is InChI=1S/C20H22N4O3S/c1-14-12-19(27-23-14)17-13-21-15(2)22-20(17)18-10-6-7-11-24(18)28(25,26)16-8-4-3-5-9-16/h3-5,8-9,12-13,18H,6-7,10-11H2,1-2H3/t18-/m0/s1. The number of benzene rings is 1. The fourth-order valence-corrected chi connectivity index (χ4v) is 5.30. The van der Waals surface area contributed by atoms with Gasteiger partial charge in [-0.05, 0) is 38.8 Å². The summed E-state index contributed by atoms with van der Waals surface area (Å²) < 4.78 is 33.7. The third-order valence-electron chi connectivity index (χ3n) is 4.95. The zero-order valence-electron chi connectivity index (χ0n) is 15.9. The highest BCUT2D eigenvalue weighted by Gasteiger charge is 2.37. The molecule has 0 unspecified atom stereocenters. The van der Waals surface area contributed by atoms with Gasteiger partial charge in [0, 0.05) is 18.8 Å². The minimum Gasteiger partial charge on any atom is -0.356 e. The molecule has 1 aliphatic rings. The first-order valence-corrected chi connectivity index (χ1v) is 10.7. The summed E-state index contributed by atoms with van der Waals surface area (Å²) in [5.41, 5.74) is 2.10. The summed E-state index contributed by atoms with van der Waals surface area (Å²) in [7, 11) is -3.64. The molecule has 28 heavy (non-hydrogen) atoms. The van der Waals surface area contributed by atoms with Crippen LogP contribution in [0.4, 0.5) is 0 Å². The van der Waals surface area contributed by atoms with Crippen molar-refractivity contribution in [1.29, 1.82) is 0 Å². The molecule has 2 aromatic heterocycles. The molecule has 0 bridgehead atoms. The van der Waals surface area contributed by atoms with Gasteiger partial charge in [-0.3, -0.25) is 0 Å². The van der Waals surface area contributed by atoms with E-state index in [0.717, 1.165) is 18.5 Å². The number of piperidine rings is 1. The van der Waals surface area contributed by atoms with Gasteiger partial charge in [-0.1, -0.05) is 29.8 Å². The van der Waals surface area contributed by atoms with E-state index in [9.17, 15) is 8.42 Å². The number of nitrogens with zero attached hydrogens (tertiary/aromatic N) is 4. The molecule has 0 amide bonds. The van der Waals surface area contributed by atoms with Crippen molar-refractivity contribution in [3.8, 4) is 11.3 Å². The van der Waals surface area contributed by atoms with E-state index in [2.05, 4.69) is 15.1 Å². The van der Waals surface area contributed by atoms with Crippen molar-refractivity contribution in [2.24, 2.45) is 0 Å². The number of aryl methyl sites for hydroxylation is 2. The van der Waals surface area contributed by atoms with Crippen molar-refractivity contribution in [2.75, 3.05) is 6.54 Å². The molecule has 1 atom stereocenters. The van der Waals surface area contributed by atoms with Crippen LogP contribution in [0.2, 0.25) is 0 Å². The highest BCUT2D eigenvalue weighted by Crippen LogP contribution is 2.38. The Morgan fingerprint density at radius 2 is 1.93 bits per heavy atom. The molecule has 0 N–H and O–H groups in total. The zero-order chi connectivity index (χ0) is 19.7. The average Bonchev–Trinajstić information content (AvgIpc) is 3.14. The molecule has 1 aliphatic heterocycles. The number of hydrogen-bond donors (Lipinski definition) is 0. The molecule has 1 fully saturated rings. The van der Waals surface area contributed by atoms with Crippen molar-refractivity contribution >= 4 is 10.0 Å². The third kappa shape index (κ3) is 3.45. The first-order valence-electron chi connectivity index (χ1n) is 9.31. The predicted octanol–water partition coefficient (Wildman–Crippen LogP) is 3.66. The Hall–Kier alpha value is -2.58. The fourth-order valence-electron chi connectivity index (χ4n) is 3.62. The smallest absolute Gasteiger partial charge is 0.243 e. The maximum Gasteiger partial charge on any atom is 0.243 e. The second-order valence-corrected chi connectivity index (χ2v) is 8.88. The van der Waals surface area contributed by atoms with E-state index in [-0.39, 0.29) is 6.04 Å². The average molecular weight is 398 g/mol. The van der Waals surface area contributed by atoms with E-state index in [1.165, 1.54) is 0 Å². The van der Waals surface area contributed by atoms with Crippen LogP contribution in [0.15, 0.2) is 52.0 Å². The summed E-state index contributed by atoms with van der Waals surface area (Å²) in [6.45, 7) is 4.10. The van der Waals surface area contributed by atoms with E-state index < -0.39 is 10.0 Å². The lowest BCUT2D eigenvalue weighted by molar-refractivity contribution is 0.251. The zero-order valence-corrected chi connectivity index (χ0v) is 16.7. The maximum absolute atomic E-state index is 13.4. The molecule has 0 aliphatic carbocycles. The van der Waals surface area contributed by atoms with Crippen molar-refractivity contribution in [3.63, 3.8) is 0 Å². The second kappa shape index (κ2) is 7.44. The number of aromatic nitrogens is 3. The fraction of sp³-hybridized carbons (Fsp3) is 0.350. The van der Waals surface area contributed by atoms with Crippen LogP contribution >= 0.6 is 0 Å². The Kier molecular flexibility index (Phi) is 4.99. The van der Waals surface area contributed by atoms with Crippen LogP contribution in [0, 0.1) is 13.8 Å². The van der Waals surface area contributed by atoms with Gasteiger partial charge in [0.1, 0.15) is 5.82 Å². The number of sulfonamides is 1. The molecule has 1 saturated heterocycles. The van der Waals surface area contributed by atoms with Gasteiger partial charge < -0.3 is 4.52 Å². The largest absolute Gasteiger partial charge is 0.356 e. The van der Waals surface area contributed by atoms with Crippen LogP contribution in [-0.2, 0) is 10.0 Å². The molecule has 7 nitrogen and oxygen atoms in total. The van der Waals surface area contributed by atoms with E-state index in [1.807, 2.05) is 19.1 Å². The van der Waals surface area contributed by atoms with Crippen molar-refractivity contribution < 1.29 is 12.9 Å².